The van der Waals surface area contributed by atoms with Gasteiger partial charge >= 0.3 is 0 Å². The van der Waals surface area contributed by atoms with Crippen LogP contribution in [0.2, 0.25) is 0 Å². The molecular weight excluding hydrogens is 196 g/mol. The van der Waals surface area contributed by atoms with Crippen LogP contribution in [0.25, 0.3) is 0 Å². The highest BCUT2D eigenvalue weighted by molar-refractivity contribution is 4.93. The first kappa shape index (κ1) is 11.0. The third kappa shape index (κ3) is 2.28. The summed E-state index contributed by atoms with van der Waals surface area (Å²) in [6.45, 7) is 6.48. The van der Waals surface area contributed by atoms with Gasteiger partial charge < -0.3 is 10.2 Å². The number of nitrogens with zero attached hydrogens (tertiary/aromatic N) is 1. The first-order valence-electron chi connectivity index (χ1n) is 7.29. The van der Waals surface area contributed by atoms with Crippen molar-refractivity contribution in [2.45, 2.75) is 57.5 Å². The third-order valence-corrected chi connectivity index (χ3v) is 5.04. The first-order chi connectivity index (χ1) is 7.81. The van der Waals surface area contributed by atoms with Crippen molar-refractivity contribution in [3.8, 4) is 0 Å². The van der Waals surface area contributed by atoms with E-state index in [2.05, 4.69) is 17.1 Å². The van der Waals surface area contributed by atoms with Gasteiger partial charge in [-0.25, -0.2) is 0 Å². The molecule has 0 spiro atoms. The largest absolute Gasteiger partial charge is 0.310 e. The standard InChI is InChI=1S/C14H26N2/c1-11-3-2-4-13(9-11)15-14-10-16-7-5-12(14)6-8-16/h11-15H,2-10H2,1H3. The second-order valence-corrected chi connectivity index (χ2v) is 6.38. The molecule has 4 rings (SSSR count). The lowest BCUT2D eigenvalue weighted by Gasteiger charge is -2.47. The fourth-order valence-electron chi connectivity index (χ4n) is 4.04. The average Bonchev–Trinajstić information content (AvgIpc) is 2.30. The van der Waals surface area contributed by atoms with E-state index in [1.165, 1.54) is 58.2 Å². The van der Waals surface area contributed by atoms with Gasteiger partial charge in [0.05, 0.1) is 0 Å². The summed E-state index contributed by atoms with van der Waals surface area (Å²) in [5.41, 5.74) is 0. The van der Waals surface area contributed by atoms with Gasteiger partial charge in [0.25, 0.3) is 0 Å². The minimum Gasteiger partial charge on any atom is -0.310 e. The van der Waals surface area contributed by atoms with Crippen LogP contribution in [0.15, 0.2) is 0 Å². The van der Waals surface area contributed by atoms with Crippen LogP contribution in [0.3, 0.4) is 0 Å². The molecule has 2 bridgehead atoms. The molecule has 0 aromatic rings. The number of rotatable bonds is 2. The molecule has 92 valence electrons. The van der Waals surface area contributed by atoms with Crippen LogP contribution in [0.4, 0.5) is 0 Å². The van der Waals surface area contributed by atoms with Gasteiger partial charge in [-0.3, -0.25) is 0 Å². The van der Waals surface area contributed by atoms with Gasteiger partial charge in [0.2, 0.25) is 0 Å². The maximum absolute atomic E-state index is 3.98. The predicted molar refractivity (Wildman–Crippen MR) is 67.5 cm³/mol. The second kappa shape index (κ2) is 4.66. The van der Waals surface area contributed by atoms with Crippen LogP contribution in [0, 0.1) is 11.8 Å². The van der Waals surface area contributed by atoms with Crippen molar-refractivity contribution in [2.24, 2.45) is 11.8 Å². The van der Waals surface area contributed by atoms with E-state index in [0.29, 0.717) is 0 Å². The van der Waals surface area contributed by atoms with Crippen LogP contribution in [0.5, 0.6) is 0 Å². The van der Waals surface area contributed by atoms with Gasteiger partial charge in [0.1, 0.15) is 0 Å². The summed E-state index contributed by atoms with van der Waals surface area (Å²) in [6, 6.07) is 1.65. The fraction of sp³-hybridized carbons (Fsp3) is 1.00. The summed E-state index contributed by atoms with van der Waals surface area (Å²) in [5, 5.41) is 3.98. The highest BCUT2D eigenvalue weighted by Crippen LogP contribution is 2.30. The van der Waals surface area contributed by atoms with E-state index in [1.54, 1.807) is 0 Å². The molecule has 1 aliphatic carbocycles. The van der Waals surface area contributed by atoms with Crippen molar-refractivity contribution in [3.63, 3.8) is 0 Å². The Hall–Kier alpha value is -0.0800. The maximum atomic E-state index is 3.98. The van der Waals surface area contributed by atoms with Crippen molar-refractivity contribution in [2.75, 3.05) is 19.6 Å². The fourth-order valence-corrected chi connectivity index (χ4v) is 4.04. The SMILES string of the molecule is CC1CCCC(NC2CN3CCC2CC3)C1. The number of nitrogens with one attached hydrogen (secondary N) is 1. The Kier molecular flexibility index (Phi) is 3.21. The maximum Gasteiger partial charge on any atom is 0.0226 e. The molecule has 4 fully saturated rings. The molecule has 16 heavy (non-hydrogen) atoms. The highest BCUT2D eigenvalue weighted by Gasteiger charge is 2.35. The van der Waals surface area contributed by atoms with Crippen molar-refractivity contribution < 1.29 is 0 Å². The van der Waals surface area contributed by atoms with E-state index in [-0.39, 0.29) is 0 Å². The summed E-state index contributed by atoms with van der Waals surface area (Å²) in [6.07, 6.45) is 8.63. The van der Waals surface area contributed by atoms with E-state index in [9.17, 15) is 0 Å². The van der Waals surface area contributed by atoms with Gasteiger partial charge in [-0.15, -0.1) is 0 Å². The van der Waals surface area contributed by atoms with Crippen molar-refractivity contribution in [1.29, 1.82) is 0 Å². The molecule has 4 aliphatic rings. The zero-order valence-electron chi connectivity index (χ0n) is 10.6. The Morgan fingerprint density at radius 1 is 1.06 bits per heavy atom. The second-order valence-electron chi connectivity index (χ2n) is 6.38. The van der Waals surface area contributed by atoms with Crippen molar-refractivity contribution >= 4 is 0 Å². The van der Waals surface area contributed by atoms with Crippen molar-refractivity contribution in [1.82, 2.24) is 10.2 Å². The van der Waals surface area contributed by atoms with Gasteiger partial charge in [-0.2, -0.15) is 0 Å². The monoisotopic (exact) mass is 222 g/mol. The van der Waals surface area contributed by atoms with Gasteiger partial charge in [0.15, 0.2) is 0 Å². The third-order valence-electron chi connectivity index (χ3n) is 5.04. The van der Waals surface area contributed by atoms with E-state index >= 15 is 0 Å². The Morgan fingerprint density at radius 2 is 1.88 bits per heavy atom. The highest BCUT2D eigenvalue weighted by atomic mass is 15.2. The number of hydrogen-bond acceptors (Lipinski definition) is 2. The zero-order valence-corrected chi connectivity index (χ0v) is 10.6. The molecule has 3 aliphatic heterocycles. The van der Waals surface area contributed by atoms with Gasteiger partial charge in [0, 0.05) is 18.6 Å². The van der Waals surface area contributed by atoms with Crippen LogP contribution in [0.1, 0.15) is 45.4 Å². The lowest BCUT2D eigenvalue weighted by molar-refractivity contribution is 0.0623. The van der Waals surface area contributed by atoms with Crippen LogP contribution in [-0.2, 0) is 0 Å². The summed E-state index contributed by atoms with van der Waals surface area (Å²) >= 11 is 0. The normalized spacial score (nSPS) is 48.2. The average molecular weight is 222 g/mol. The lowest BCUT2D eigenvalue weighted by atomic mass is 9.81. The van der Waals surface area contributed by atoms with Crippen LogP contribution < -0.4 is 5.32 Å². The van der Waals surface area contributed by atoms with Crippen molar-refractivity contribution in [3.05, 3.63) is 0 Å². The Balaban J connectivity index is 1.54. The molecule has 2 heteroatoms. The Morgan fingerprint density at radius 3 is 2.50 bits per heavy atom. The number of hydrogen-bond donors (Lipinski definition) is 1. The molecule has 3 atom stereocenters. The molecule has 1 N–H and O–H groups in total. The molecule has 0 radical (unpaired) electrons. The summed E-state index contributed by atoms with van der Waals surface area (Å²) in [4.78, 5) is 2.66. The summed E-state index contributed by atoms with van der Waals surface area (Å²) in [5.74, 6) is 1.94. The molecule has 1 saturated carbocycles. The lowest BCUT2D eigenvalue weighted by Crippen LogP contribution is -2.58. The van der Waals surface area contributed by atoms with Gasteiger partial charge in [-0.1, -0.05) is 19.8 Å². The number of fused-ring (bicyclic) bond motifs is 3. The molecule has 0 aromatic carbocycles. The predicted octanol–water partition coefficient (Wildman–Crippen LogP) is 2.25. The molecule has 0 amide bonds. The Labute approximate surface area is 99.8 Å². The molecule has 2 nitrogen and oxygen atoms in total. The molecule has 3 unspecified atom stereocenters. The first-order valence-corrected chi connectivity index (χ1v) is 7.29. The molecule has 3 saturated heterocycles. The molecule has 3 heterocycles. The smallest absolute Gasteiger partial charge is 0.0226 e. The van der Waals surface area contributed by atoms with Crippen LogP contribution in [-0.4, -0.2) is 36.6 Å². The summed E-state index contributed by atoms with van der Waals surface area (Å²) in [7, 11) is 0. The van der Waals surface area contributed by atoms with Crippen LogP contribution >= 0.6 is 0 Å². The topological polar surface area (TPSA) is 15.3 Å². The van der Waals surface area contributed by atoms with E-state index < -0.39 is 0 Å². The summed E-state index contributed by atoms with van der Waals surface area (Å²) < 4.78 is 0. The van der Waals surface area contributed by atoms with Gasteiger partial charge in [-0.05, 0) is 50.6 Å². The van der Waals surface area contributed by atoms with E-state index in [1.807, 2.05) is 0 Å². The quantitative estimate of drug-likeness (QED) is 0.771. The van der Waals surface area contributed by atoms with E-state index in [0.717, 1.165) is 23.9 Å². The zero-order chi connectivity index (χ0) is 11.0. The minimum absolute atomic E-state index is 0.817. The molecule has 0 aromatic heterocycles. The number of piperidine rings is 3. The molecular formula is C14H26N2. The minimum atomic E-state index is 0.817. The Bertz CT molecular complexity index is 233. The van der Waals surface area contributed by atoms with E-state index in [4.69, 9.17) is 0 Å².